The van der Waals surface area contributed by atoms with Crippen LogP contribution in [-0.2, 0) is 10.4 Å². The maximum Gasteiger partial charge on any atom is 0.238 e. The number of hydrogen-bond donors (Lipinski definition) is 2. The second-order valence-electron chi connectivity index (χ2n) is 6.72. The number of rotatable bonds is 7. The van der Waals surface area contributed by atoms with Gasteiger partial charge in [-0.25, -0.2) is 4.39 Å². The minimum absolute atomic E-state index is 0.0240. The van der Waals surface area contributed by atoms with Crippen molar-refractivity contribution in [3.63, 3.8) is 0 Å². The molecule has 1 amide bonds. The van der Waals surface area contributed by atoms with Gasteiger partial charge in [0.1, 0.15) is 16.7 Å². The van der Waals surface area contributed by atoms with E-state index in [0.29, 0.717) is 5.56 Å². The highest BCUT2D eigenvalue weighted by Crippen LogP contribution is 2.35. The molecule has 0 aliphatic rings. The highest BCUT2D eigenvalue weighted by atomic mass is 32.2. The van der Waals surface area contributed by atoms with Crippen LogP contribution in [0, 0.1) is 5.82 Å². The fourth-order valence-electron chi connectivity index (χ4n) is 2.80. The van der Waals surface area contributed by atoms with Gasteiger partial charge < -0.3 is 10.4 Å². The molecule has 0 saturated carbocycles. The lowest BCUT2D eigenvalue weighted by Crippen LogP contribution is -2.40. The molecule has 3 aromatic rings. The van der Waals surface area contributed by atoms with Crippen molar-refractivity contribution < 1.29 is 14.3 Å². The molecule has 0 aromatic heterocycles. The summed E-state index contributed by atoms with van der Waals surface area (Å²) in [6, 6.07) is 24.9. The highest BCUT2D eigenvalue weighted by Gasteiger charge is 2.27. The fourth-order valence-corrected chi connectivity index (χ4v) is 3.87. The van der Waals surface area contributed by atoms with Crippen LogP contribution >= 0.6 is 11.8 Å². The average Bonchev–Trinajstić information content (AvgIpc) is 2.72. The lowest BCUT2D eigenvalue weighted by molar-refractivity contribution is -0.121. The van der Waals surface area contributed by atoms with Gasteiger partial charge in [0.25, 0.3) is 0 Å². The van der Waals surface area contributed by atoms with Crippen LogP contribution in [0.1, 0.15) is 23.3 Å². The van der Waals surface area contributed by atoms with Crippen LogP contribution in [0.2, 0.25) is 0 Å². The Morgan fingerprint density at radius 1 is 1.00 bits per heavy atom. The van der Waals surface area contributed by atoms with Crippen LogP contribution in [0.5, 0.6) is 0 Å². The van der Waals surface area contributed by atoms with E-state index in [2.05, 4.69) is 5.32 Å². The second kappa shape index (κ2) is 9.04. The largest absolute Gasteiger partial charge is 0.384 e. The molecular formula is C23H22FNO2S. The van der Waals surface area contributed by atoms with Crippen molar-refractivity contribution in [3.05, 3.63) is 102 Å². The van der Waals surface area contributed by atoms with E-state index in [9.17, 15) is 14.3 Å². The van der Waals surface area contributed by atoms with Crippen molar-refractivity contribution in [2.45, 2.75) is 22.7 Å². The number of hydrogen-bond acceptors (Lipinski definition) is 3. The fraction of sp³-hybridized carbons (Fsp3) is 0.174. The Labute approximate surface area is 168 Å². The topological polar surface area (TPSA) is 49.3 Å². The van der Waals surface area contributed by atoms with E-state index >= 15 is 0 Å². The maximum atomic E-state index is 13.1. The zero-order valence-corrected chi connectivity index (χ0v) is 16.3. The Bertz CT molecular complexity index is 899. The van der Waals surface area contributed by atoms with E-state index in [0.717, 1.165) is 10.5 Å². The van der Waals surface area contributed by atoms with Crippen molar-refractivity contribution >= 4 is 17.7 Å². The monoisotopic (exact) mass is 395 g/mol. The van der Waals surface area contributed by atoms with Gasteiger partial charge in [-0.15, -0.1) is 11.8 Å². The molecule has 0 radical (unpaired) electrons. The third-order valence-corrected chi connectivity index (χ3v) is 5.68. The summed E-state index contributed by atoms with van der Waals surface area (Å²) < 4.78 is 13.1. The summed E-state index contributed by atoms with van der Waals surface area (Å²) in [5.74, 6) is -0.561. The number of carbonyl (C=O) groups is 1. The van der Waals surface area contributed by atoms with Crippen molar-refractivity contribution in [1.82, 2.24) is 5.32 Å². The standard InChI is InChI=1S/C23H22FNO2S/c1-23(27,18-12-14-19(24)15-13-18)16-25-22(26)21(17-8-4-2-5-9-17)28-20-10-6-3-7-11-20/h2-15,21,27H,16H2,1H3,(H,25,26)/t21-,23+/m0/s1. The molecule has 3 aromatic carbocycles. The zero-order valence-electron chi connectivity index (χ0n) is 15.5. The van der Waals surface area contributed by atoms with E-state index in [-0.39, 0.29) is 18.3 Å². The molecule has 0 heterocycles. The second-order valence-corrected chi connectivity index (χ2v) is 7.90. The number of thioether (sulfide) groups is 1. The van der Waals surface area contributed by atoms with Gasteiger partial charge in [-0.2, -0.15) is 0 Å². The van der Waals surface area contributed by atoms with Gasteiger partial charge in [-0.3, -0.25) is 4.79 Å². The molecule has 0 aliphatic carbocycles. The van der Waals surface area contributed by atoms with Crippen LogP contribution < -0.4 is 5.32 Å². The van der Waals surface area contributed by atoms with Crippen LogP contribution in [-0.4, -0.2) is 17.6 Å². The Morgan fingerprint density at radius 2 is 1.57 bits per heavy atom. The minimum Gasteiger partial charge on any atom is -0.384 e. The van der Waals surface area contributed by atoms with Gasteiger partial charge in [0, 0.05) is 4.90 Å². The molecule has 3 rings (SSSR count). The number of aliphatic hydroxyl groups is 1. The molecule has 2 atom stereocenters. The summed E-state index contributed by atoms with van der Waals surface area (Å²) >= 11 is 1.46. The Morgan fingerprint density at radius 3 is 2.18 bits per heavy atom. The first-order valence-electron chi connectivity index (χ1n) is 8.98. The summed E-state index contributed by atoms with van der Waals surface area (Å²) in [5.41, 5.74) is 0.124. The van der Waals surface area contributed by atoms with Gasteiger partial charge in [-0.1, -0.05) is 60.7 Å². The van der Waals surface area contributed by atoms with Gasteiger partial charge in [-0.05, 0) is 42.3 Å². The quantitative estimate of drug-likeness (QED) is 0.571. The zero-order chi connectivity index (χ0) is 20.0. The SMILES string of the molecule is C[C@@](O)(CNC(=O)[C@@H](Sc1ccccc1)c1ccccc1)c1ccc(F)cc1. The van der Waals surface area contributed by atoms with Gasteiger partial charge in [0.05, 0.1) is 6.54 Å². The van der Waals surface area contributed by atoms with Crippen LogP contribution in [0.15, 0.2) is 89.8 Å². The normalized spacial score (nSPS) is 14.1. The van der Waals surface area contributed by atoms with Crippen LogP contribution in [0.3, 0.4) is 0 Å². The summed E-state index contributed by atoms with van der Waals surface area (Å²) in [6.45, 7) is 1.62. The Hall–Kier alpha value is -2.63. The summed E-state index contributed by atoms with van der Waals surface area (Å²) in [6.07, 6.45) is 0. The maximum absolute atomic E-state index is 13.1. The van der Waals surface area contributed by atoms with Crippen LogP contribution in [0.25, 0.3) is 0 Å². The number of amides is 1. The lowest BCUT2D eigenvalue weighted by Gasteiger charge is -2.26. The van der Waals surface area contributed by atoms with E-state index in [1.54, 1.807) is 6.92 Å². The van der Waals surface area contributed by atoms with E-state index in [4.69, 9.17) is 0 Å². The molecule has 0 unspecified atom stereocenters. The Balaban J connectivity index is 1.74. The molecule has 5 heteroatoms. The molecular weight excluding hydrogens is 373 g/mol. The number of benzene rings is 3. The average molecular weight is 395 g/mol. The molecule has 0 saturated heterocycles. The molecule has 0 aliphatic heterocycles. The Kier molecular flexibility index (Phi) is 6.49. The summed E-state index contributed by atoms with van der Waals surface area (Å²) in [5, 5.41) is 13.1. The highest BCUT2D eigenvalue weighted by molar-refractivity contribution is 8.00. The van der Waals surface area contributed by atoms with E-state index in [1.807, 2.05) is 60.7 Å². The molecule has 3 nitrogen and oxygen atoms in total. The van der Waals surface area contributed by atoms with E-state index in [1.165, 1.54) is 36.0 Å². The van der Waals surface area contributed by atoms with Crippen molar-refractivity contribution in [1.29, 1.82) is 0 Å². The third-order valence-electron chi connectivity index (χ3n) is 4.41. The first kappa shape index (κ1) is 20.1. The lowest BCUT2D eigenvalue weighted by atomic mass is 9.96. The molecule has 2 N–H and O–H groups in total. The van der Waals surface area contributed by atoms with Crippen molar-refractivity contribution in [2.24, 2.45) is 0 Å². The first-order valence-corrected chi connectivity index (χ1v) is 9.86. The summed E-state index contributed by atoms with van der Waals surface area (Å²) in [4.78, 5) is 14.0. The third kappa shape index (κ3) is 5.21. The molecule has 0 bridgehead atoms. The van der Waals surface area contributed by atoms with Gasteiger partial charge >= 0.3 is 0 Å². The predicted octanol–water partition coefficient (Wildman–Crippen LogP) is 4.68. The van der Waals surface area contributed by atoms with Gasteiger partial charge in [0.2, 0.25) is 5.91 Å². The van der Waals surface area contributed by atoms with Crippen LogP contribution in [0.4, 0.5) is 4.39 Å². The van der Waals surface area contributed by atoms with Crippen molar-refractivity contribution in [3.8, 4) is 0 Å². The first-order chi connectivity index (χ1) is 13.5. The number of halogens is 1. The minimum atomic E-state index is -1.30. The number of nitrogens with one attached hydrogen (secondary N) is 1. The van der Waals surface area contributed by atoms with E-state index < -0.39 is 10.9 Å². The predicted molar refractivity (Wildman–Crippen MR) is 110 cm³/mol. The molecule has 28 heavy (non-hydrogen) atoms. The molecule has 0 spiro atoms. The summed E-state index contributed by atoms with van der Waals surface area (Å²) in [7, 11) is 0. The van der Waals surface area contributed by atoms with Gasteiger partial charge in [0.15, 0.2) is 0 Å². The smallest absolute Gasteiger partial charge is 0.238 e. The molecule has 0 fully saturated rings. The van der Waals surface area contributed by atoms with Crippen molar-refractivity contribution in [2.75, 3.05) is 6.54 Å². The molecule has 144 valence electrons. The number of carbonyl (C=O) groups excluding carboxylic acids is 1.